The maximum absolute atomic E-state index is 12.4. The first-order valence-corrected chi connectivity index (χ1v) is 8.74. The highest BCUT2D eigenvalue weighted by atomic mass is 79.9. The lowest BCUT2D eigenvalue weighted by molar-refractivity contribution is 0.271. The number of sulfonamides is 1. The van der Waals surface area contributed by atoms with Gasteiger partial charge in [0.25, 0.3) is 10.0 Å². The second kappa shape index (κ2) is 6.21. The van der Waals surface area contributed by atoms with Crippen LogP contribution in [0.15, 0.2) is 39.8 Å². The number of aliphatic hydroxyl groups is 1. The number of halogens is 1. The topological polar surface area (TPSA) is 71.3 Å². The van der Waals surface area contributed by atoms with Crippen LogP contribution < -0.4 is 4.72 Å². The fourth-order valence-electron chi connectivity index (χ4n) is 2.02. The summed E-state index contributed by atoms with van der Waals surface area (Å²) in [6.45, 7) is 4.18. The lowest BCUT2D eigenvalue weighted by atomic mass is 10.2. The minimum atomic E-state index is -3.69. The predicted octanol–water partition coefficient (Wildman–Crippen LogP) is 2.87. The summed E-state index contributed by atoms with van der Waals surface area (Å²) >= 11 is 3.33. The van der Waals surface area contributed by atoms with Crippen LogP contribution in [0.3, 0.4) is 0 Å². The van der Waals surface area contributed by atoms with E-state index < -0.39 is 10.0 Å². The van der Waals surface area contributed by atoms with E-state index in [0.29, 0.717) is 22.4 Å². The van der Waals surface area contributed by atoms with Crippen LogP contribution >= 0.6 is 15.9 Å². The van der Waals surface area contributed by atoms with Gasteiger partial charge in [-0.2, -0.15) is 0 Å². The summed E-state index contributed by atoms with van der Waals surface area (Å²) in [5.41, 5.74) is 2.02. The molecule has 0 unspecified atom stereocenters. The quantitative estimate of drug-likeness (QED) is 0.847. The fraction of sp³-hybridized carbons (Fsp3) is 0.286. The van der Waals surface area contributed by atoms with E-state index in [1.54, 1.807) is 16.7 Å². The van der Waals surface area contributed by atoms with Crippen molar-refractivity contribution in [2.24, 2.45) is 0 Å². The molecule has 0 radical (unpaired) electrons. The van der Waals surface area contributed by atoms with Crippen LogP contribution in [0.4, 0.5) is 5.69 Å². The van der Waals surface area contributed by atoms with E-state index in [9.17, 15) is 13.5 Å². The van der Waals surface area contributed by atoms with Gasteiger partial charge in [0.2, 0.25) is 0 Å². The van der Waals surface area contributed by atoms with Gasteiger partial charge in [-0.25, -0.2) is 8.42 Å². The monoisotopic (exact) mass is 372 g/mol. The van der Waals surface area contributed by atoms with Crippen LogP contribution in [0, 0.1) is 6.92 Å². The molecule has 0 bridgehead atoms. The molecule has 0 amide bonds. The first-order chi connectivity index (χ1) is 9.87. The number of aliphatic hydroxyl groups excluding tert-OH is 1. The number of rotatable bonds is 5. The number of aromatic nitrogens is 1. The predicted molar refractivity (Wildman–Crippen MR) is 85.7 cm³/mol. The maximum Gasteiger partial charge on any atom is 0.263 e. The van der Waals surface area contributed by atoms with Crippen LogP contribution in [0.2, 0.25) is 0 Å². The van der Waals surface area contributed by atoms with Gasteiger partial charge in [-0.3, -0.25) is 4.72 Å². The lowest BCUT2D eigenvalue weighted by Crippen LogP contribution is -2.12. The van der Waals surface area contributed by atoms with Crippen molar-refractivity contribution in [3.05, 3.63) is 46.2 Å². The van der Waals surface area contributed by atoms with E-state index >= 15 is 0 Å². The number of benzene rings is 1. The molecule has 1 aromatic heterocycles. The van der Waals surface area contributed by atoms with Crippen molar-refractivity contribution in [1.82, 2.24) is 4.57 Å². The Hall–Kier alpha value is -1.31. The SMILES string of the molecule is CCn1cc(S(=O)(=O)Nc2cc(C)ccc2Br)cc1CO. The zero-order valence-corrected chi connectivity index (χ0v) is 14.2. The van der Waals surface area contributed by atoms with Gasteiger partial charge in [0, 0.05) is 22.9 Å². The van der Waals surface area contributed by atoms with Crippen LogP contribution in [-0.4, -0.2) is 18.1 Å². The summed E-state index contributed by atoms with van der Waals surface area (Å²) in [4.78, 5) is 0.141. The lowest BCUT2D eigenvalue weighted by Gasteiger charge is -2.09. The zero-order valence-electron chi connectivity index (χ0n) is 11.8. The number of hydrogen-bond donors (Lipinski definition) is 2. The average molecular weight is 373 g/mol. The third-order valence-corrected chi connectivity index (χ3v) is 5.16. The molecule has 0 saturated heterocycles. The molecule has 5 nitrogen and oxygen atoms in total. The van der Waals surface area contributed by atoms with Gasteiger partial charge in [-0.15, -0.1) is 0 Å². The van der Waals surface area contributed by atoms with Crippen LogP contribution in [0.5, 0.6) is 0 Å². The van der Waals surface area contributed by atoms with Gasteiger partial charge in [0.05, 0.1) is 12.3 Å². The highest BCUT2D eigenvalue weighted by Crippen LogP contribution is 2.26. The minimum Gasteiger partial charge on any atom is -0.390 e. The van der Waals surface area contributed by atoms with Crippen molar-refractivity contribution in [1.29, 1.82) is 0 Å². The summed E-state index contributed by atoms with van der Waals surface area (Å²) in [6, 6.07) is 6.92. The smallest absolute Gasteiger partial charge is 0.263 e. The average Bonchev–Trinajstić information content (AvgIpc) is 2.86. The summed E-state index contributed by atoms with van der Waals surface area (Å²) < 4.78 is 29.8. The van der Waals surface area contributed by atoms with Gasteiger partial charge in [0.15, 0.2) is 0 Å². The summed E-state index contributed by atoms with van der Waals surface area (Å²) in [6.07, 6.45) is 1.53. The van der Waals surface area contributed by atoms with Gasteiger partial charge < -0.3 is 9.67 Å². The van der Waals surface area contributed by atoms with Crippen molar-refractivity contribution >= 4 is 31.6 Å². The van der Waals surface area contributed by atoms with E-state index in [2.05, 4.69) is 20.7 Å². The van der Waals surface area contributed by atoms with E-state index in [1.165, 1.54) is 12.3 Å². The first-order valence-electron chi connectivity index (χ1n) is 6.46. The Morgan fingerprint density at radius 2 is 2.05 bits per heavy atom. The molecular formula is C14H17BrN2O3S. The normalized spacial score (nSPS) is 11.6. The number of nitrogens with zero attached hydrogens (tertiary/aromatic N) is 1. The molecule has 2 N–H and O–H groups in total. The molecule has 0 spiro atoms. The van der Waals surface area contributed by atoms with Gasteiger partial charge in [-0.1, -0.05) is 6.07 Å². The molecule has 0 saturated carbocycles. The Kier molecular flexibility index (Phi) is 4.75. The number of hydrogen-bond acceptors (Lipinski definition) is 3. The molecule has 0 fully saturated rings. The van der Waals surface area contributed by atoms with Crippen LogP contribution in [0.25, 0.3) is 0 Å². The molecule has 21 heavy (non-hydrogen) atoms. The third kappa shape index (κ3) is 3.48. The molecule has 0 aliphatic carbocycles. The van der Waals surface area contributed by atoms with Crippen molar-refractivity contribution < 1.29 is 13.5 Å². The highest BCUT2D eigenvalue weighted by molar-refractivity contribution is 9.10. The fourth-order valence-corrected chi connectivity index (χ4v) is 3.63. The Bertz CT molecular complexity index is 732. The van der Waals surface area contributed by atoms with E-state index in [0.717, 1.165) is 5.56 Å². The number of nitrogens with one attached hydrogen (secondary N) is 1. The molecule has 2 rings (SSSR count). The first kappa shape index (κ1) is 16.1. The van der Waals surface area contributed by atoms with Crippen LogP contribution in [0.1, 0.15) is 18.2 Å². The van der Waals surface area contributed by atoms with E-state index in [-0.39, 0.29) is 11.5 Å². The van der Waals surface area contributed by atoms with Gasteiger partial charge in [0.1, 0.15) is 4.90 Å². The van der Waals surface area contributed by atoms with Crippen molar-refractivity contribution in [3.63, 3.8) is 0 Å². The standard InChI is InChI=1S/C14H17BrN2O3S/c1-3-17-8-12(7-11(17)9-18)21(19,20)16-14-6-10(2)4-5-13(14)15/h4-8,16,18H,3,9H2,1-2H3. The Morgan fingerprint density at radius 3 is 2.62 bits per heavy atom. The second-order valence-electron chi connectivity index (χ2n) is 4.70. The van der Waals surface area contributed by atoms with Gasteiger partial charge in [-0.05, 0) is 53.5 Å². The van der Waals surface area contributed by atoms with Crippen molar-refractivity contribution in [2.75, 3.05) is 4.72 Å². The minimum absolute atomic E-state index is 0.141. The zero-order chi connectivity index (χ0) is 15.6. The Labute approximate surface area is 132 Å². The maximum atomic E-state index is 12.4. The van der Waals surface area contributed by atoms with E-state index in [4.69, 9.17) is 0 Å². The Balaban J connectivity index is 2.38. The molecular weight excluding hydrogens is 356 g/mol. The number of anilines is 1. The highest BCUT2D eigenvalue weighted by Gasteiger charge is 2.19. The van der Waals surface area contributed by atoms with Gasteiger partial charge >= 0.3 is 0 Å². The Morgan fingerprint density at radius 1 is 1.33 bits per heavy atom. The van der Waals surface area contributed by atoms with Crippen molar-refractivity contribution in [2.45, 2.75) is 31.9 Å². The molecule has 114 valence electrons. The molecule has 2 aromatic rings. The molecule has 0 aliphatic heterocycles. The van der Waals surface area contributed by atoms with Crippen LogP contribution in [-0.2, 0) is 23.2 Å². The molecule has 1 heterocycles. The summed E-state index contributed by atoms with van der Waals surface area (Å²) in [5.74, 6) is 0. The summed E-state index contributed by atoms with van der Waals surface area (Å²) in [7, 11) is -3.69. The number of aryl methyl sites for hydroxylation is 2. The molecule has 1 aromatic carbocycles. The van der Waals surface area contributed by atoms with Crippen molar-refractivity contribution in [3.8, 4) is 0 Å². The summed E-state index contributed by atoms with van der Waals surface area (Å²) in [5, 5.41) is 9.26. The largest absolute Gasteiger partial charge is 0.390 e. The molecule has 0 aliphatic rings. The third-order valence-electron chi connectivity index (χ3n) is 3.14. The second-order valence-corrected chi connectivity index (χ2v) is 7.24. The molecule has 7 heteroatoms. The van der Waals surface area contributed by atoms with E-state index in [1.807, 2.05) is 19.9 Å². The molecule has 0 atom stereocenters.